The Hall–Kier alpha value is -2.38. The highest BCUT2D eigenvalue weighted by molar-refractivity contribution is 5.60. The summed E-state index contributed by atoms with van der Waals surface area (Å²) in [6.45, 7) is 3.37. The predicted molar refractivity (Wildman–Crippen MR) is 93.2 cm³/mol. The summed E-state index contributed by atoms with van der Waals surface area (Å²) in [5.41, 5.74) is 7.26. The first-order valence-electron chi connectivity index (χ1n) is 8.29. The Morgan fingerprint density at radius 1 is 0.739 bits per heavy atom. The molecule has 5 rings (SSSR count). The second kappa shape index (κ2) is 4.56. The van der Waals surface area contributed by atoms with Gasteiger partial charge in [-0.2, -0.15) is 0 Å². The van der Waals surface area contributed by atoms with E-state index in [4.69, 9.17) is 0 Å². The van der Waals surface area contributed by atoms with Crippen molar-refractivity contribution in [1.29, 1.82) is 0 Å². The molecule has 0 amide bonds. The van der Waals surface area contributed by atoms with Gasteiger partial charge in [-0.15, -0.1) is 0 Å². The zero-order chi connectivity index (χ0) is 15.4. The molecular weight excluding hydrogens is 278 g/mol. The molecule has 112 valence electrons. The molecular formula is C22H19N. The lowest BCUT2D eigenvalue weighted by molar-refractivity contribution is 0.149. The summed E-state index contributed by atoms with van der Waals surface area (Å²) in [4.78, 5) is 2.66. The van der Waals surface area contributed by atoms with Crippen LogP contribution >= 0.6 is 0 Å². The Labute approximate surface area is 137 Å². The van der Waals surface area contributed by atoms with Crippen molar-refractivity contribution in [2.45, 2.75) is 25.0 Å². The Balaban J connectivity index is 1.70. The lowest BCUT2D eigenvalue weighted by atomic mass is 9.78. The molecule has 2 aliphatic heterocycles. The summed E-state index contributed by atoms with van der Waals surface area (Å²) in [6.07, 6.45) is 0. The van der Waals surface area contributed by atoms with Crippen molar-refractivity contribution in [3.05, 3.63) is 107 Å². The second-order valence-electron chi connectivity index (χ2n) is 6.76. The number of rotatable bonds is 2. The fraction of sp³-hybridized carbons (Fsp3) is 0.182. The molecule has 0 fully saturated rings. The largest absolute Gasteiger partial charge is 0.274 e. The monoisotopic (exact) mass is 297 g/mol. The van der Waals surface area contributed by atoms with Gasteiger partial charge in [0.05, 0.1) is 11.6 Å². The molecule has 0 radical (unpaired) electrons. The minimum absolute atomic E-state index is 0.0201. The minimum atomic E-state index is -0.0201. The van der Waals surface area contributed by atoms with Gasteiger partial charge in [0.15, 0.2) is 0 Å². The van der Waals surface area contributed by atoms with Crippen LogP contribution < -0.4 is 0 Å². The third-order valence-corrected chi connectivity index (χ3v) is 5.64. The standard InChI is InChI=1S/C22H19N/c1-22-19-13-7-5-11-17(19)21(18-12-6-8-14-20(18)22)23(22)15-16-9-3-2-4-10-16/h2-14,21H,15H2,1H3. The van der Waals surface area contributed by atoms with E-state index in [9.17, 15) is 0 Å². The Bertz CT molecular complexity index is 834. The van der Waals surface area contributed by atoms with Crippen LogP contribution in [0.4, 0.5) is 0 Å². The van der Waals surface area contributed by atoms with Crippen LogP contribution in [0.5, 0.6) is 0 Å². The third kappa shape index (κ3) is 1.60. The molecule has 0 aliphatic carbocycles. The maximum atomic E-state index is 2.66. The van der Waals surface area contributed by atoms with Gasteiger partial charge in [-0.1, -0.05) is 78.9 Å². The molecule has 1 heteroatoms. The van der Waals surface area contributed by atoms with Gasteiger partial charge in [-0.05, 0) is 34.7 Å². The number of hydrogen-bond donors (Lipinski definition) is 0. The highest BCUT2D eigenvalue weighted by atomic mass is 15.3. The van der Waals surface area contributed by atoms with E-state index in [0.717, 1.165) is 6.54 Å². The first-order valence-corrected chi connectivity index (χ1v) is 8.29. The van der Waals surface area contributed by atoms with Crippen molar-refractivity contribution >= 4 is 0 Å². The summed E-state index contributed by atoms with van der Waals surface area (Å²) < 4.78 is 0. The molecule has 1 nitrogen and oxygen atoms in total. The van der Waals surface area contributed by atoms with Gasteiger partial charge >= 0.3 is 0 Å². The molecule has 0 aromatic heterocycles. The van der Waals surface area contributed by atoms with E-state index >= 15 is 0 Å². The van der Waals surface area contributed by atoms with Gasteiger partial charge in [0.2, 0.25) is 0 Å². The molecule has 0 N–H and O–H groups in total. The molecule has 2 bridgehead atoms. The minimum Gasteiger partial charge on any atom is -0.274 e. The van der Waals surface area contributed by atoms with Crippen molar-refractivity contribution in [3.63, 3.8) is 0 Å². The van der Waals surface area contributed by atoms with Crippen LogP contribution in [0.3, 0.4) is 0 Å². The lowest BCUT2D eigenvalue weighted by Crippen LogP contribution is -2.35. The summed E-state index contributed by atoms with van der Waals surface area (Å²) in [6, 6.07) is 29.1. The van der Waals surface area contributed by atoms with E-state index < -0.39 is 0 Å². The first kappa shape index (κ1) is 13.1. The van der Waals surface area contributed by atoms with Crippen LogP contribution in [-0.4, -0.2) is 4.90 Å². The molecule has 0 unspecified atom stereocenters. The molecule has 3 aromatic carbocycles. The van der Waals surface area contributed by atoms with Crippen LogP contribution in [0.15, 0.2) is 78.9 Å². The molecule has 0 spiro atoms. The maximum Gasteiger partial charge on any atom is 0.0704 e. The maximum absolute atomic E-state index is 2.66. The van der Waals surface area contributed by atoms with Gasteiger partial charge in [-0.25, -0.2) is 0 Å². The van der Waals surface area contributed by atoms with E-state index in [1.54, 1.807) is 0 Å². The van der Waals surface area contributed by atoms with E-state index in [1.165, 1.54) is 27.8 Å². The summed E-state index contributed by atoms with van der Waals surface area (Å²) in [5.74, 6) is 0. The average Bonchev–Trinajstić information content (AvgIpc) is 3.00. The molecule has 23 heavy (non-hydrogen) atoms. The zero-order valence-corrected chi connectivity index (χ0v) is 13.2. The molecule has 3 aromatic rings. The SMILES string of the molecule is CC12c3ccccc3C(c3ccccc31)N2Cc1ccccc1. The molecule has 0 saturated heterocycles. The Morgan fingerprint density at radius 3 is 1.87 bits per heavy atom. The lowest BCUT2D eigenvalue weighted by Gasteiger charge is -2.33. The van der Waals surface area contributed by atoms with Crippen molar-refractivity contribution in [2.75, 3.05) is 0 Å². The van der Waals surface area contributed by atoms with Crippen LogP contribution in [0.2, 0.25) is 0 Å². The van der Waals surface area contributed by atoms with E-state index in [-0.39, 0.29) is 5.54 Å². The van der Waals surface area contributed by atoms with Crippen molar-refractivity contribution in [2.24, 2.45) is 0 Å². The van der Waals surface area contributed by atoms with Crippen LogP contribution in [0.25, 0.3) is 0 Å². The highest BCUT2D eigenvalue weighted by Gasteiger charge is 2.55. The quantitative estimate of drug-likeness (QED) is 0.652. The van der Waals surface area contributed by atoms with Gasteiger partial charge in [0.1, 0.15) is 0 Å². The topological polar surface area (TPSA) is 3.24 Å². The van der Waals surface area contributed by atoms with Gasteiger partial charge in [0.25, 0.3) is 0 Å². The third-order valence-electron chi connectivity index (χ3n) is 5.64. The molecule has 0 atom stereocenters. The fourth-order valence-corrected chi connectivity index (χ4v) is 4.60. The summed E-state index contributed by atoms with van der Waals surface area (Å²) in [5, 5.41) is 0. The number of fused-ring (bicyclic) bond motifs is 8. The number of benzene rings is 3. The zero-order valence-electron chi connectivity index (χ0n) is 13.2. The van der Waals surface area contributed by atoms with E-state index in [2.05, 4.69) is 90.7 Å². The second-order valence-corrected chi connectivity index (χ2v) is 6.76. The highest BCUT2D eigenvalue weighted by Crippen LogP contribution is 2.59. The van der Waals surface area contributed by atoms with Crippen LogP contribution in [0.1, 0.15) is 40.8 Å². The van der Waals surface area contributed by atoms with Crippen molar-refractivity contribution in [1.82, 2.24) is 4.90 Å². The number of hydrogen-bond acceptors (Lipinski definition) is 1. The fourth-order valence-electron chi connectivity index (χ4n) is 4.60. The first-order chi connectivity index (χ1) is 11.3. The van der Waals surface area contributed by atoms with E-state index in [0.29, 0.717) is 6.04 Å². The van der Waals surface area contributed by atoms with Crippen LogP contribution in [0, 0.1) is 0 Å². The van der Waals surface area contributed by atoms with Crippen molar-refractivity contribution < 1.29 is 0 Å². The van der Waals surface area contributed by atoms with Gasteiger partial charge in [0, 0.05) is 6.54 Å². The predicted octanol–water partition coefficient (Wildman–Crippen LogP) is 4.87. The molecule has 2 aliphatic rings. The summed E-state index contributed by atoms with van der Waals surface area (Å²) in [7, 11) is 0. The normalized spacial score (nSPS) is 24.5. The Kier molecular flexibility index (Phi) is 2.60. The van der Waals surface area contributed by atoms with E-state index in [1.807, 2.05) is 0 Å². The molecule has 0 saturated carbocycles. The molecule has 2 heterocycles. The average molecular weight is 297 g/mol. The van der Waals surface area contributed by atoms with Gasteiger partial charge in [-0.3, -0.25) is 4.90 Å². The van der Waals surface area contributed by atoms with Gasteiger partial charge < -0.3 is 0 Å². The van der Waals surface area contributed by atoms with Crippen molar-refractivity contribution in [3.8, 4) is 0 Å². The smallest absolute Gasteiger partial charge is 0.0704 e. The summed E-state index contributed by atoms with van der Waals surface area (Å²) >= 11 is 0. The van der Waals surface area contributed by atoms with Crippen LogP contribution in [-0.2, 0) is 12.1 Å². The Morgan fingerprint density at radius 2 is 1.26 bits per heavy atom. The number of nitrogens with zero attached hydrogens (tertiary/aromatic N) is 1.